The van der Waals surface area contributed by atoms with E-state index in [4.69, 9.17) is 14.2 Å². The van der Waals surface area contributed by atoms with Crippen LogP contribution in [-0.2, 0) is 33.4 Å². The minimum absolute atomic E-state index is 0.0230. The lowest BCUT2D eigenvalue weighted by Crippen LogP contribution is -2.67. The molecule has 1 aromatic rings. The summed E-state index contributed by atoms with van der Waals surface area (Å²) in [6, 6.07) is 8.65. The topological polar surface area (TPSA) is 96.0 Å². The maximum atomic E-state index is 13.5. The lowest BCUT2D eigenvalue weighted by atomic mass is 9.62. The molecule has 0 saturated heterocycles. The van der Waals surface area contributed by atoms with Crippen molar-refractivity contribution in [2.75, 3.05) is 6.61 Å². The van der Waals surface area contributed by atoms with Gasteiger partial charge in [0.1, 0.15) is 11.4 Å². The zero-order chi connectivity index (χ0) is 22.2. The number of fused-ring (bicyclic) bond motifs is 1. The molecule has 0 amide bonds. The third kappa shape index (κ3) is 3.44. The summed E-state index contributed by atoms with van der Waals surface area (Å²) in [6.45, 7) is 6.49. The van der Waals surface area contributed by atoms with E-state index in [2.05, 4.69) is 0 Å². The normalized spacial score (nSPS) is 25.7. The van der Waals surface area contributed by atoms with Crippen molar-refractivity contribution in [3.63, 3.8) is 0 Å². The van der Waals surface area contributed by atoms with Crippen LogP contribution in [0.1, 0.15) is 39.7 Å². The largest absolute Gasteiger partial charge is 0.472 e. The molecule has 30 heavy (non-hydrogen) atoms. The number of rotatable bonds is 4. The number of ether oxygens (including phenoxy) is 3. The van der Waals surface area contributed by atoms with Gasteiger partial charge >= 0.3 is 11.9 Å². The average molecular weight is 412 g/mol. The fourth-order valence-electron chi connectivity index (χ4n) is 3.60. The van der Waals surface area contributed by atoms with Crippen LogP contribution in [0.25, 0.3) is 5.76 Å². The highest BCUT2D eigenvalue weighted by Crippen LogP contribution is 2.51. The molecule has 7 heteroatoms. The molecule has 0 N–H and O–H groups in total. The molecular formula is C23H24O7. The maximum absolute atomic E-state index is 13.5. The highest BCUT2D eigenvalue weighted by molar-refractivity contribution is 6.21. The quantitative estimate of drug-likeness (QED) is 0.554. The summed E-state index contributed by atoms with van der Waals surface area (Å²) < 4.78 is 16.7. The van der Waals surface area contributed by atoms with Gasteiger partial charge in [-0.1, -0.05) is 36.4 Å². The fraction of sp³-hybridized carbons (Fsp3) is 0.391. The highest BCUT2D eigenvalue weighted by atomic mass is 16.6. The van der Waals surface area contributed by atoms with Crippen molar-refractivity contribution in [1.29, 1.82) is 0 Å². The van der Waals surface area contributed by atoms with Gasteiger partial charge in [-0.2, -0.15) is 0 Å². The summed E-state index contributed by atoms with van der Waals surface area (Å²) in [5.74, 6) is -3.04. The van der Waals surface area contributed by atoms with Crippen molar-refractivity contribution < 1.29 is 33.4 Å². The molecule has 0 fully saturated rings. The molecule has 0 aromatic heterocycles. The van der Waals surface area contributed by atoms with Gasteiger partial charge < -0.3 is 14.2 Å². The van der Waals surface area contributed by atoms with Crippen LogP contribution in [0.5, 0.6) is 0 Å². The number of ketones is 2. The van der Waals surface area contributed by atoms with E-state index in [-0.39, 0.29) is 12.4 Å². The standard InChI is InChI=1S/C23H24O7/c1-5-28-20(27)23-14-16(24)11-12-22(23,19(26)30-21(2,3)4)18(25)13-17(29-23)15-9-7-6-8-10-15/h6-13H,5,14H2,1-4H3/t22-,23+/m0/s1. The molecule has 158 valence electrons. The molecule has 0 unspecified atom stereocenters. The summed E-state index contributed by atoms with van der Waals surface area (Å²) in [4.78, 5) is 52.3. The van der Waals surface area contributed by atoms with E-state index in [0.29, 0.717) is 5.56 Å². The molecule has 1 heterocycles. The second kappa shape index (κ2) is 7.55. The van der Waals surface area contributed by atoms with Crippen molar-refractivity contribution in [3.05, 3.63) is 54.1 Å². The minimum atomic E-state index is -2.20. The summed E-state index contributed by atoms with van der Waals surface area (Å²) in [7, 11) is 0. The van der Waals surface area contributed by atoms with Crippen LogP contribution in [0.2, 0.25) is 0 Å². The van der Waals surface area contributed by atoms with Crippen LogP contribution in [-0.4, -0.2) is 41.3 Å². The average Bonchev–Trinajstić information content (AvgIpc) is 2.67. The Morgan fingerprint density at radius 2 is 1.77 bits per heavy atom. The Kier molecular flexibility index (Phi) is 5.41. The Balaban J connectivity index is 2.26. The van der Waals surface area contributed by atoms with Crippen molar-refractivity contribution in [2.45, 2.75) is 45.3 Å². The first-order valence-corrected chi connectivity index (χ1v) is 9.69. The molecule has 1 aliphatic heterocycles. The molecule has 2 atom stereocenters. The number of hydrogen-bond acceptors (Lipinski definition) is 7. The van der Waals surface area contributed by atoms with Crippen molar-refractivity contribution >= 4 is 29.3 Å². The Bertz CT molecular complexity index is 952. The first kappa shape index (κ1) is 21.5. The summed E-state index contributed by atoms with van der Waals surface area (Å²) in [5.41, 5.74) is -4.78. The van der Waals surface area contributed by atoms with Crippen LogP contribution < -0.4 is 0 Å². The second-order valence-electron chi connectivity index (χ2n) is 8.17. The number of carbonyl (C=O) groups is 4. The van der Waals surface area contributed by atoms with Crippen molar-refractivity contribution in [2.24, 2.45) is 5.41 Å². The number of allylic oxidation sites excluding steroid dienone is 2. The van der Waals surface area contributed by atoms with Gasteiger partial charge in [0.25, 0.3) is 0 Å². The molecule has 1 aliphatic carbocycles. The molecule has 0 bridgehead atoms. The van der Waals surface area contributed by atoms with E-state index in [1.54, 1.807) is 58.0 Å². The number of esters is 2. The van der Waals surface area contributed by atoms with E-state index in [9.17, 15) is 19.2 Å². The predicted octanol–water partition coefficient (Wildman–Crippen LogP) is 2.79. The van der Waals surface area contributed by atoms with Crippen LogP contribution in [0, 0.1) is 5.41 Å². The van der Waals surface area contributed by atoms with E-state index < -0.39 is 46.5 Å². The van der Waals surface area contributed by atoms with E-state index in [0.717, 1.165) is 18.2 Å². The number of benzene rings is 1. The van der Waals surface area contributed by atoms with Crippen LogP contribution in [0.15, 0.2) is 48.6 Å². The van der Waals surface area contributed by atoms with Crippen molar-refractivity contribution in [3.8, 4) is 0 Å². The van der Waals surface area contributed by atoms with Gasteiger partial charge in [0.15, 0.2) is 17.0 Å². The van der Waals surface area contributed by atoms with Gasteiger partial charge in [0, 0.05) is 11.6 Å². The molecule has 1 aromatic carbocycles. The summed E-state index contributed by atoms with van der Waals surface area (Å²) in [5, 5.41) is 0. The van der Waals surface area contributed by atoms with Gasteiger partial charge in [0.2, 0.25) is 5.60 Å². The van der Waals surface area contributed by atoms with E-state index in [1.807, 2.05) is 0 Å². The second-order valence-corrected chi connectivity index (χ2v) is 8.17. The summed E-state index contributed by atoms with van der Waals surface area (Å²) >= 11 is 0. The zero-order valence-corrected chi connectivity index (χ0v) is 17.4. The predicted molar refractivity (Wildman–Crippen MR) is 107 cm³/mol. The molecule has 3 rings (SSSR count). The molecular weight excluding hydrogens is 388 g/mol. The maximum Gasteiger partial charge on any atom is 0.353 e. The Morgan fingerprint density at radius 1 is 1.10 bits per heavy atom. The smallest absolute Gasteiger partial charge is 0.353 e. The molecule has 7 nitrogen and oxygen atoms in total. The van der Waals surface area contributed by atoms with Crippen molar-refractivity contribution in [1.82, 2.24) is 0 Å². The van der Waals surface area contributed by atoms with E-state index >= 15 is 0 Å². The minimum Gasteiger partial charge on any atom is -0.472 e. The zero-order valence-electron chi connectivity index (χ0n) is 17.4. The van der Waals surface area contributed by atoms with E-state index in [1.165, 1.54) is 0 Å². The van der Waals surface area contributed by atoms with Gasteiger partial charge in [-0.25, -0.2) is 4.79 Å². The van der Waals surface area contributed by atoms with Gasteiger partial charge in [-0.05, 0) is 33.8 Å². The Hall–Kier alpha value is -3.22. The van der Waals surface area contributed by atoms with Crippen LogP contribution >= 0.6 is 0 Å². The molecule has 0 radical (unpaired) electrons. The molecule has 0 spiro atoms. The third-order valence-electron chi connectivity index (χ3n) is 4.90. The van der Waals surface area contributed by atoms with Gasteiger partial charge in [-0.15, -0.1) is 0 Å². The monoisotopic (exact) mass is 412 g/mol. The lowest BCUT2D eigenvalue weighted by Gasteiger charge is -2.47. The van der Waals surface area contributed by atoms with Crippen LogP contribution in [0.4, 0.5) is 0 Å². The highest BCUT2D eigenvalue weighted by Gasteiger charge is 2.71. The molecule has 0 saturated carbocycles. The third-order valence-corrected chi connectivity index (χ3v) is 4.90. The Morgan fingerprint density at radius 3 is 2.37 bits per heavy atom. The SMILES string of the molecule is CCOC(=O)[C@]12CC(=O)C=C[C@@]1(C(=O)OC(C)(C)C)C(=O)C=C(c1ccccc1)O2. The lowest BCUT2D eigenvalue weighted by molar-refractivity contribution is -0.198. The Labute approximate surface area is 174 Å². The fourth-order valence-corrected chi connectivity index (χ4v) is 3.60. The van der Waals surface area contributed by atoms with Gasteiger partial charge in [-0.3, -0.25) is 14.4 Å². The number of carbonyl (C=O) groups excluding carboxylic acids is 4. The number of hydrogen-bond donors (Lipinski definition) is 0. The van der Waals surface area contributed by atoms with Gasteiger partial charge in [0.05, 0.1) is 13.0 Å². The summed E-state index contributed by atoms with van der Waals surface area (Å²) in [6.07, 6.45) is 2.86. The first-order chi connectivity index (χ1) is 14.1. The molecule has 2 aliphatic rings. The van der Waals surface area contributed by atoms with Crippen LogP contribution in [0.3, 0.4) is 0 Å². The first-order valence-electron chi connectivity index (χ1n) is 9.69.